The van der Waals surface area contributed by atoms with Gasteiger partial charge in [0.05, 0.1) is 11.4 Å². The van der Waals surface area contributed by atoms with Gasteiger partial charge in [0.15, 0.2) is 0 Å². The summed E-state index contributed by atoms with van der Waals surface area (Å²) >= 11 is 0. The minimum absolute atomic E-state index is 0.0283. The van der Waals surface area contributed by atoms with Crippen LogP contribution in [0.15, 0.2) is 41.5 Å². The number of imidazole rings is 1. The number of aromatic hydroxyl groups is 1. The van der Waals surface area contributed by atoms with Crippen LogP contribution < -0.4 is 5.56 Å². The van der Waals surface area contributed by atoms with Crippen molar-refractivity contribution in [2.75, 3.05) is 0 Å². The molecular weight excluding hydrogens is 254 g/mol. The summed E-state index contributed by atoms with van der Waals surface area (Å²) in [6, 6.07) is 6.42. The Morgan fingerprint density at radius 2 is 2.10 bits per heavy atom. The first-order valence-electron chi connectivity index (χ1n) is 6.50. The lowest BCUT2D eigenvalue weighted by Crippen LogP contribution is -2.16. The normalized spacial score (nSPS) is 11.1. The molecule has 0 radical (unpaired) electrons. The second-order valence-corrected chi connectivity index (χ2v) is 4.71. The van der Waals surface area contributed by atoms with Crippen LogP contribution in [0.4, 0.5) is 0 Å². The van der Waals surface area contributed by atoms with Gasteiger partial charge >= 0.3 is 0 Å². The number of nitrogens with zero attached hydrogens (tertiary/aromatic N) is 3. The minimum Gasteiger partial charge on any atom is -0.508 e. The zero-order valence-electron chi connectivity index (χ0n) is 11.4. The van der Waals surface area contributed by atoms with Crippen molar-refractivity contribution < 1.29 is 5.11 Å². The number of hydrogen-bond donors (Lipinski definition) is 1. The lowest BCUT2D eigenvalue weighted by atomic mass is 10.3. The van der Waals surface area contributed by atoms with E-state index in [-0.39, 0.29) is 11.3 Å². The third-order valence-corrected chi connectivity index (χ3v) is 3.46. The monoisotopic (exact) mass is 269 g/mol. The molecule has 0 atom stereocenters. The van der Waals surface area contributed by atoms with Gasteiger partial charge in [-0.05, 0) is 31.5 Å². The van der Waals surface area contributed by atoms with Gasteiger partial charge in [-0.3, -0.25) is 9.36 Å². The molecule has 0 bridgehead atoms. The number of hydrogen-bond acceptors (Lipinski definition) is 3. The first-order valence-corrected chi connectivity index (χ1v) is 6.50. The van der Waals surface area contributed by atoms with E-state index >= 15 is 0 Å². The molecule has 3 rings (SSSR count). The maximum absolute atomic E-state index is 11.9. The summed E-state index contributed by atoms with van der Waals surface area (Å²) in [5, 5.41) is 9.31. The minimum atomic E-state index is -0.266. The van der Waals surface area contributed by atoms with Crippen LogP contribution in [0.1, 0.15) is 18.3 Å². The van der Waals surface area contributed by atoms with Gasteiger partial charge in [-0.1, -0.05) is 6.92 Å². The second kappa shape index (κ2) is 4.52. The maximum atomic E-state index is 11.9. The highest BCUT2D eigenvalue weighted by atomic mass is 16.3. The zero-order chi connectivity index (χ0) is 14.3. The predicted octanol–water partition coefficient (Wildman–Crippen LogP) is 2.06. The molecule has 5 nitrogen and oxygen atoms in total. The van der Waals surface area contributed by atoms with E-state index in [1.807, 2.05) is 29.7 Å². The first kappa shape index (κ1) is 12.5. The van der Waals surface area contributed by atoms with Gasteiger partial charge in [0.1, 0.15) is 11.4 Å². The molecule has 0 unspecified atom stereocenters. The first-order chi connectivity index (χ1) is 9.60. The summed E-state index contributed by atoms with van der Waals surface area (Å²) in [4.78, 5) is 16.4. The van der Waals surface area contributed by atoms with Crippen molar-refractivity contribution in [3.05, 3.63) is 58.4 Å². The number of pyridine rings is 2. The average molecular weight is 269 g/mol. The lowest BCUT2D eigenvalue weighted by molar-refractivity contribution is 0.473. The molecule has 0 saturated carbocycles. The Kier molecular flexibility index (Phi) is 2.82. The van der Waals surface area contributed by atoms with E-state index in [9.17, 15) is 9.90 Å². The Bertz CT molecular complexity index is 846. The van der Waals surface area contributed by atoms with E-state index in [1.165, 1.54) is 16.7 Å². The highest BCUT2D eigenvalue weighted by Gasteiger charge is 2.08. The maximum Gasteiger partial charge on any atom is 0.258 e. The number of fused-ring (bicyclic) bond motifs is 1. The standard InChI is InChI=1S/C15H15N3O2/c1-3-13-10(2)18-9-11(4-5-14(18)16-13)17-7-6-12(19)8-15(17)20/h4-9,19H,3H2,1-2H3. The molecule has 3 heterocycles. The highest BCUT2D eigenvalue weighted by molar-refractivity contribution is 5.48. The van der Waals surface area contributed by atoms with Crippen molar-refractivity contribution >= 4 is 5.65 Å². The molecule has 5 heteroatoms. The van der Waals surface area contributed by atoms with Gasteiger partial charge in [0.2, 0.25) is 0 Å². The van der Waals surface area contributed by atoms with Crippen molar-refractivity contribution in [1.29, 1.82) is 0 Å². The number of aryl methyl sites for hydroxylation is 2. The highest BCUT2D eigenvalue weighted by Crippen LogP contribution is 2.15. The SMILES string of the molecule is CCc1nc2ccc(-n3ccc(O)cc3=O)cn2c1C. The molecule has 0 aliphatic carbocycles. The van der Waals surface area contributed by atoms with E-state index in [4.69, 9.17) is 0 Å². The van der Waals surface area contributed by atoms with Crippen molar-refractivity contribution in [2.24, 2.45) is 0 Å². The molecule has 3 aromatic heterocycles. The third-order valence-electron chi connectivity index (χ3n) is 3.46. The van der Waals surface area contributed by atoms with Gasteiger partial charge in [-0.2, -0.15) is 0 Å². The molecule has 102 valence electrons. The molecule has 0 aliphatic heterocycles. The number of aromatic nitrogens is 3. The van der Waals surface area contributed by atoms with E-state index in [0.29, 0.717) is 0 Å². The van der Waals surface area contributed by atoms with Gasteiger partial charge < -0.3 is 9.51 Å². The predicted molar refractivity (Wildman–Crippen MR) is 76.6 cm³/mol. The topological polar surface area (TPSA) is 59.5 Å². The van der Waals surface area contributed by atoms with Crippen LogP contribution in [0.3, 0.4) is 0 Å². The van der Waals surface area contributed by atoms with Gasteiger partial charge in [0.25, 0.3) is 5.56 Å². The second-order valence-electron chi connectivity index (χ2n) is 4.71. The van der Waals surface area contributed by atoms with E-state index in [2.05, 4.69) is 11.9 Å². The van der Waals surface area contributed by atoms with Crippen molar-refractivity contribution in [1.82, 2.24) is 14.0 Å². The Hall–Kier alpha value is -2.56. The molecule has 0 aliphatic rings. The Morgan fingerprint density at radius 3 is 2.80 bits per heavy atom. The lowest BCUT2D eigenvalue weighted by Gasteiger charge is -2.06. The zero-order valence-corrected chi connectivity index (χ0v) is 11.4. The molecule has 0 spiro atoms. The fraction of sp³-hybridized carbons (Fsp3) is 0.200. The smallest absolute Gasteiger partial charge is 0.258 e. The van der Waals surface area contributed by atoms with Gasteiger partial charge in [0, 0.05) is 24.2 Å². The van der Waals surface area contributed by atoms with Crippen LogP contribution in [0.25, 0.3) is 11.3 Å². The summed E-state index contributed by atoms with van der Waals surface area (Å²) in [5.41, 5.74) is 3.48. The summed E-state index contributed by atoms with van der Waals surface area (Å²) in [7, 11) is 0. The van der Waals surface area contributed by atoms with Crippen LogP contribution in [0.2, 0.25) is 0 Å². The molecule has 0 amide bonds. The average Bonchev–Trinajstić information content (AvgIpc) is 2.75. The molecule has 3 aromatic rings. The summed E-state index contributed by atoms with van der Waals surface area (Å²) in [6.45, 7) is 4.09. The van der Waals surface area contributed by atoms with Crippen LogP contribution in [-0.4, -0.2) is 19.1 Å². The van der Waals surface area contributed by atoms with Crippen LogP contribution in [-0.2, 0) is 6.42 Å². The molecule has 1 N–H and O–H groups in total. The molecular formula is C15H15N3O2. The molecule has 0 aromatic carbocycles. The Balaban J connectivity index is 2.22. The van der Waals surface area contributed by atoms with Crippen molar-refractivity contribution in [3.63, 3.8) is 0 Å². The van der Waals surface area contributed by atoms with Crippen LogP contribution >= 0.6 is 0 Å². The van der Waals surface area contributed by atoms with E-state index < -0.39 is 0 Å². The molecule has 0 saturated heterocycles. The Labute approximate surface area is 115 Å². The summed E-state index contributed by atoms with van der Waals surface area (Å²) < 4.78 is 3.47. The van der Waals surface area contributed by atoms with Gasteiger partial charge in [-0.25, -0.2) is 4.98 Å². The fourth-order valence-corrected chi connectivity index (χ4v) is 2.36. The van der Waals surface area contributed by atoms with Crippen molar-refractivity contribution in [2.45, 2.75) is 20.3 Å². The van der Waals surface area contributed by atoms with Crippen LogP contribution in [0, 0.1) is 6.92 Å². The summed E-state index contributed by atoms with van der Waals surface area (Å²) in [5.74, 6) is -0.0283. The molecule has 20 heavy (non-hydrogen) atoms. The van der Waals surface area contributed by atoms with E-state index in [1.54, 1.807) is 6.20 Å². The fourth-order valence-electron chi connectivity index (χ4n) is 2.36. The Morgan fingerprint density at radius 1 is 1.30 bits per heavy atom. The van der Waals surface area contributed by atoms with Gasteiger partial charge in [-0.15, -0.1) is 0 Å². The summed E-state index contributed by atoms with van der Waals surface area (Å²) in [6.07, 6.45) is 4.32. The van der Waals surface area contributed by atoms with Crippen molar-refractivity contribution in [3.8, 4) is 11.4 Å². The van der Waals surface area contributed by atoms with Crippen LogP contribution in [0.5, 0.6) is 5.75 Å². The van der Waals surface area contributed by atoms with E-state index in [0.717, 1.165) is 29.1 Å². The number of rotatable bonds is 2. The third kappa shape index (κ3) is 1.87. The largest absolute Gasteiger partial charge is 0.508 e. The quantitative estimate of drug-likeness (QED) is 0.774. The molecule has 0 fully saturated rings.